The van der Waals surface area contributed by atoms with Crippen molar-refractivity contribution in [1.29, 1.82) is 0 Å². The van der Waals surface area contributed by atoms with Crippen LogP contribution in [0.4, 0.5) is 11.4 Å². The van der Waals surface area contributed by atoms with Crippen LogP contribution in [0, 0.1) is 27.7 Å². The molecule has 0 aromatic heterocycles. The zero-order valence-electron chi connectivity index (χ0n) is 13.9. The first-order valence-corrected chi connectivity index (χ1v) is 7.59. The Hall–Kier alpha value is -2.29. The van der Waals surface area contributed by atoms with E-state index < -0.39 is 0 Å². The molecule has 0 aliphatic heterocycles. The number of hydrogen-bond acceptors (Lipinski definition) is 2. The number of aryl methyl sites for hydroxylation is 3. The van der Waals surface area contributed by atoms with Crippen LogP contribution in [-0.4, -0.2) is 11.9 Å². The van der Waals surface area contributed by atoms with Crippen molar-refractivity contribution in [2.75, 3.05) is 10.6 Å². The molecule has 0 heterocycles. The van der Waals surface area contributed by atoms with Gasteiger partial charge >= 0.3 is 0 Å². The molecule has 2 rings (SSSR count). The Bertz CT molecular complexity index is 692. The number of anilines is 2. The third-order valence-electron chi connectivity index (χ3n) is 4.02. The average Bonchev–Trinajstić information content (AvgIpc) is 2.47. The van der Waals surface area contributed by atoms with Gasteiger partial charge in [-0.3, -0.25) is 4.79 Å². The molecule has 2 aromatic carbocycles. The molecular weight excluding hydrogens is 272 g/mol. The summed E-state index contributed by atoms with van der Waals surface area (Å²) in [5.74, 6) is -0.0328. The summed E-state index contributed by atoms with van der Waals surface area (Å²) in [5.41, 5.74) is 6.47. The van der Waals surface area contributed by atoms with Gasteiger partial charge in [0.2, 0.25) is 5.91 Å². The Morgan fingerprint density at radius 3 is 2.41 bits per heavy atom. The molecule has 2 aromatic rings. The Morgan fingerprint density at radius 2 is 1.68 bits per heavy atom. The Kier molecular flexibility index (Phi) is 4.86. The van der Waals surface area contributed by atoms with E-state index >= 15 is 0 Å². The fraction of sp³-hybridized carbons (Fsp3) is 0.316. The summed E-state index contributed by atoms with van der Waals surface area (Å²) in [6.45, 7) is 10.0. The van der Waals surface area contributed by atoms with Crippen molar-refractivity contribution < 1.29 is 4.79 Å². The minimum absolute atomic E-state index is 0.0328. The van der Waals surface area contributed by atoms with Crippen LogP contribution in [-0.2, 0) is 4.79 Å². The fourth-order valence-corrected chi connectivity index (χ4v) is 2.32. The standard InChI is InChI=1S/C19H24N2O/c1-12-9-10-14(3)18(11-12)20-16(5)19(22)21-17-8-6-7-13(2)15(17)4/h6-11,16,20H,1-5H3,(H,21,22). The van der Waals surface area contributed by atoms with Crippen molar-refractivity contribution in [3.05, 3.63) is 58.7 Å². The van der Waals surface area contributed by atoms with E-state index in [-0.39, 0.29) is 11.9 Å². The number of benzene rings is 2. The maximum atomic E-state index is 12.4. The van der Waals surface area contributed by atoms with Gasteiger partial charge in [0.1, 0.15) is 6.04 Å². The van der Waals surface area contributed by atoms with Crippen molar-refractivity contribution in [3.8, 4) is 0 Å². The van der Waals surface area contributed by atoms with E-state index in [9.17, 15) is 4.79 Å². The Balaban J connectivity index is 2.09. The molecule has 0 aliphatic rings. The molecule has 3 heteroatoms. The number of nitrogens with one attached hydrogen (secondary N) is 2. The first-order valence-electron chi connectivity index (χ1n) is 7.59. The van der Waals surface area contributed by atoms with E-state index in [0.717, 1.165) is 22.5 Å². The number of carbonyl (C=O) groups is 1. The molecule has 116 valence electrons. The van der Waals surface area contributed by atoms with Gasteiger partial charge < -0.3 is 10.6 Å². The maximum Gasteiger partial charge on any atom is 0.246 e. The Labute approximate surface area is 132 Å². The molecule has 0 spiro atoms. The lowest BCUT2D eigenvalue weighted by molar-refractivity contribution is -0.116. The van der Waals surface area contributed by atoms with Crippen LogP contribution in [0.15, 0.2) is 36.4 Å². The maximum absolute atomic E-state index is 12.4. The first kappa shape index (κ1) is 16.1. The third-order valence-corrected chi connectivity index (χ3v) is 4.02. The highest BCUT2D eigenvalue weighted by Crippen LogP contribution is 2.20. The molecule has 2 N–H and O–H groups in total. The molecule has 0 bridgehead atoms. The molecule has 0 saturated carbocycles. The lowest BCUT2D eigenvalue weighted by Gasteiger charge is -2.18. The van der Waals surface area contributed by atoms with Crippen LogP contribution in [0.3, 0.4) is 0 Å². The van der Waals surface area contributed by atoms with Crippen LogP contribution >= 0.6 is 0 Å². The number of carbonyl (C=O) groups excluding carboxylic acids is 1. The van der Waals surface area contributed by atoms with Crippen LogP contribution in [0.25, 0.3) is 0 Å². The van der Waals surface area contributed by atoms with Crippen molar-refractivity contribution in [1.82, 2.24) is 0 Å². The predicted octanol–water partition coefficient (Wildman–Crippen LogP) is 4.36. The molecule has 1 atom stereocenters. The van der Waals surface area contributed by atoms with Gasteiger partial charge in [-0.25, -0.2) is 0 Å². The summed E-state index contributed by atoms with van der Waals surface area (Å²) in [5, 5.41) is 6.30. The highest BCUT2D eigenvalue weighted by atomic mass is 16.2. The minimum atomic E-state index is -0.305. The summed E-state index contributed by atoms with van der Waals surface area (Å²) < 4.78 is 0. The molecule has 0 fully saturated rings. The number of hydrogen-bond donors (Lipinski definition) is 2. The van der Waals surface area contributed by atoms with E-state index in [2.05, 4.69) is 28.8 Å². The third kappa shape index (κ3) is 3.67. The van der Waals surface area contributed by atoms with Gasteiger partial charge in [0.25, 0.3) is 0 Å². The molecule has 3 nitrogen and oxygen atoms in total. The van der Waals surface area contributed by atoms with Gasteiger partial charge in [-0.2, -0.15) is 0 Å². The summed E-state index contributed by atoms with van der Waals surface area (Å²) in [4.78, 5) is 12.4. The van der Waals surface area contributed by atoms with Gasteiger partial charge in [-0.15, -0.1) is 0 Å². The summed E-state index contributed by atoms with van der Waals surface area (Å²) in [6.07, 6.45) is 0. The molecule has 1 amide bonds. The van der Waals surface area contributed by atoms with Crippen LogP contribution < -0.4 is 10.6 Å². The second-order valence-corrected chi connectivity index (χ2v) is 5.92. The Morgan fingerprint density at radius 1 is 0.955 bits per heavy atom. The zero-order chi connectivity index (χ0) is 16.3. The molecule has 1 unspecified atom stereocenters. The van der Waals surface area contributed by atoms with Crippen LogP contribution in [0.2, 0.25) is 0 Å². The van der Waals surface area contributed by atoms with Gasteiger partial charge in [-0.05, 0) is 69.0 Å². The lowest BCUT2D eigenvalue weighted by Crippen LogP contribution is -2.32. The topological polar surface area (TPSA) is 41.1 Å². The lowest BCUT2D eigenvalue weighted by atomic mass is 10.1. The second kappa shape index (κ2) is 6.65. The van der Waals surface area contributed by atoms with E-state index in [1.54, 1.807) is 0 Å². The van der Waals surface area contributed by atoms with Crippen LogP contribution in [0.5, 0.6) is 0 Å². The monoisotopic (exact) mass is 296 g/mol. The van der Waals surface area contributed by atoms with Crippen molar-refractivity contribution >= 4 is 17.3 Å². The zero-order valence-corrected chi connectivity index (χ0v) is 13.9. The highest BCUT2D eigenvalue weighted by molar-refractivity contribution is 5.97. The smallest absolute Gasteiger partial charge is 0.246 e. The molecule has 22 heavy (non-hydrogen) atoms. The number of amides is 1. The minimum Gasteiger partial charge on any atom is -0.374 e. The van der Waals surface area contributed by atoms with E-state index in [1.807, 2.05) is 52.8 Å². The molecule has 0 aliphatic carbocycles. The van der Waals surface area contributed by atoms with Crippen molar-refractivity contribution in [3.63, 3.8) is 0 Å². The first-order chi connectivity index (χ1) is 10.4. The molecule has 0 radical (unpaired) electrons. The van der Waals surface area contributed by atoms with Crippen molar-refractivity contribution in [2.24, 2.45) is 0 Å². The van der Waals surface area contributed by atoms with E-state index in [4.69, 9.17) is 0 Å². The summed E-state index contributed by atoms with van der Waals surface area (Å²) >= 11 is 0. The summed E-state index contributed by atoms with van der Waals surface area (Å²) in [7, 11) is 0. The van der Waals surface area contributed by atoms with Gasteiger partial charge in [0.15, 0.2) is 0 Å². The molecular formula is C19H24N2O. The summed E-state index contributed by atoms with van der Waals surface area (Å²) in [6, 6.07) is 11.8. The fourth-order valence-electron chi connectivity index (χ4n) is 2.32. The predicted molar refractivity (Wildman–Crippen MR) is 93.5 cm³/mol. The van der Waals surface area contributed by atoms with Crippen LogP contribution in [0.1, 0.15) is 29.2 Å². The largest absolute Gasteiger partial charge is 0.374 e. The van der Waals surface area contributed by atoms with Gasteiger partial charge in [0.05, 0.1) is 0 Å². The second-order valence-electron chi connectivity index (χ2n) is 5.92. The highest BCUT2D eigenvalue weighted by Gasteiger charge is 2.15. The normalized spacial score (nSPS) is 11.9. The van der Waals surface area contributed by atoms with E-state index in [1.165, 1.54) is 11.1 Å². The quantitative estimate of drug-likeness (QED) is 0.880. The van der Waals surface area contributed by atoms with Gasteiger partial charge in [0, 0.05) is 11.4 Å². The SMILES string of the molecule is Cc1ccc(C)c(NC(C)C(=O)Nc2cccc(C)c2C)c1. The average molecular weight is 296 g/mol. The van der Waals surface area contributed by atoms with Gasteiger partial charge in [-0.1, -0.05) is 24.3 Å². The van der Waals surface area contributed by atoms with E-state index in [0.29, 0.717) is 0 Å². The molecule has 0 saturated heterocycles. The van der Waals surface area contributed by atoms with Crippen molar-refractivity contribution in [2.45, 2.75) is 40.7 Å². The number of rotatable bonds is 4.